The van der Waals surface area contributed by atoms with Gasteiger partial charge < -0.3 is 15.4 Å². The summed E-state index contributed by atoms with van der Waals surface area (Å²) in [6.07, 6.45) is 0. The lowest BCUT2D eigenvalue weighted by Gasteiger charge is -2.09. The highest BCUT2D eigenvalue weighted by Gasteiger charge is 2.07. The Balaban J connectivity index is 1.91. The smallest absolute Gasteiger partial charge is 0.262 e. The number of anilines is 2. The van der Waals surface area contributed by atoms with Crippen LogP contribution in [0.25, 0.3) is 0 Å². The van der Waals surface area contributed by atoms with Gasteiger partial charge in [0.15, 0.2) is 6.61 Å². The molecule has 5 heteroatoms. The van der Waals surface area contributed by atoms with Gasteiger partial charge in [-0.25, -0.2) is 0 Å². The molecule has 0 heterocycles. The maximum Gasteiger partial charge on any atom is 0.262 e. The molecule has 0 aliphatic heterocycles. The van der Waals surface area contributed by atoms with Crippen molar-refractivity contribution in [3.05, 3.63) is 54.1 Å². The molecule has 0 radical (unpaired) electrons. The Labute approximate surface area is 123 Å². The number of rotatable bonds is 5. The summed E-state index contributed by atoms with van der Waals surface area (Å²) in [6.45, 7) is -0.112. The van der Waals surface area contributed by atoms with Crippen molar-refractivity contribution in [2.75, 3.05) is 24.3 Å². The third-order valence-electron chi connectivity index (χ3n) is 2.83. The highest BCUT2D eigenvalue weighted by atomic mass is 16.5. The van der Waals surface area contributed by atoms with Crippen molar-refractivity contribution in [1.29, 1.82) is 5.26 Å². The molecule has 0 bridgehead atoms. The van der Waals surface area contributed by atoms with E-state index in [1.165, 1.54) is 0 Å². The minimum absolute atomic E-state index is 0.112. The number of hydrogen-bond acceptors (Lipinski definition) is 4. The number of nitriles is 1. The first-order chi connectivity index (χ1) is 10.2. The monoisotopic (exact) mass is 281 g/mol. The van der Waals surface area contributed by atoms with Crippen LogP contribution >= 0.6 is 0 Å². The van der Waals surface area contributed by atoms with E-state index in [0.29, 0.717) is 17.0 Å². The third-order valence-corrected chi connectivity index (χ3v) is 2.83. The summed E-state index contributed by atoms with van der Waals surface area (Å²) in [7, 11) is 1.83. The van der Waals surface area contributed by atoms with Gasteiger partial charge in [0, 0.05) is 12.7 Å². The SMILES string of the molecule is CNc1ccc(OCC(=O)Nc2ccccc2C#N)cc1. The molecule has 21 heavy (non-hydrogen) atoms. The van der Waals surface area contributed by atoms with E-state index in [4.69, 9.17) is 10.00 Å². The van der Waals surface area contributed by atoms with Crippen LogP contribution < -0.4 is 15.4 Å². The maximum absolute atomic E-state index is 11.8. The summed E-state index contributed by atoms with van der Waals surface area (Å²) in [6, 6.07) is 16.1. The Hall–Kier alpha value is -3.00. The first-order valence-corrected chi connectivity index (χ1v) is 6.42. The molecular formula is C16H15N3O2. The van der Waals surface area contributed by atoms with E-state index in [0.717, 1.165) is 5.69 Å². The van der Waals surface area contributed by atoms with E-state index in [-0.39, 0.29) is 12.5 Å². The zero-order chi connectivity index (χ0) is 15.1. The lowest BCUT2D eigenvalue weighted by molar-refractivity contribution is -0.118. The summed E-state index contributed by atoms with van der Waals surface area (Å²) >= 11 is 0. The van der Waals surface area contributed by atoms with Gasteiger partial charge in [-0.2, -0.15) is 5.26 Å². The highest BCUT2D eigenvalue weighted by Crippen LogP contribution is 2.16. The fraction of sp³-hybridized carbons (Fsp3) is 0.125. The molecule has 1 amide bonds. The number of para-hydroxylation sites is 1. The number of nitrogens with zero attached hydrogens (tertiary/aromatic N) is 1. The number of carbonyl (C=O) groups is 1. The van der Waals surface area contributed by atoms with Gasteiger partial charge in [-0.05, 0) is 36.4 Å². The molecule has 0 aliphatic rings. The largest absolute Gasteiger partial charge is 0.484 e. The normalized spacial score (nSPS) is 9.52. The molecule has 0 spiro atoms. The van der Waals surface area contributed by atoms with Crippen molar-refractivity contribution in [2.45, 2.75) is 0 Å². The fourth-order valence-electron chi connectivity index (χ4n) is 1.74. The van der Waals surface area contributed by atoms with Crippen LogP contribution in [-0.2, 0) is 4.79 Å². The van der Waals surface area contributed by atoms with Crippen molar-refractivity contribution in [2.24, 2.45) is 0 Å². The zero-order valence-electron chi connectivity index (χ0n) is 11.6. The lowest BCUT2D eigenvalue weighted by Crippen LogP contribution is -2.20. The number of amides is 1. The molecule has 0 unspecified atom stereocenters. The third kappa shape index (κ3) is 3.98. The van der Waals surface area contributed by atoms with Crippen LogP contribution in [0.5, 0.6) is 5.75 Å². The summed E-state index contributed by atoms with van der Waals surface area (Å²) in [5.74, 6) is 0.299. The van der Waals surface area contributed by atoms with Crippen LogP contribution in [0.1, 0.15) is 5.56 Å². The van der Waals surface area contributed by atoms with Gasteiger partial charge in [0.25, 0.3) is 5.91 Å². The first-order valence-electron chi connectivity index (χ1n) is 6.42. The predicted octanol–water partition coefficient (Wildman–Crippen LogP) is 2.62. The minimum atomic E-state index is -0.310. The van der Waals surface area contributed by atoms with Crippen LogP contribution in [0.3, 0.4) is 0 Å². The fourth-order valence-corrected chi connectivity index (χ4v) is 1.74. The number of carbonyl (C=O) groups excluding carboxylic acids is 1. The molecular weight excluding hydrogens is 266 g/mol. The second-order valence-electron chi connectivity index (χ2n) is 4.27. The molecule has 2 N–H and O–H groups in total. The summed E-state index contributed by atoms with van der Waals surface area (Å²) < 4.78 is 5.39. The van der Waals surface area contributed by atoms with Crippen LogP contribution in [0, 0.1) is 11.3 Å². The standard InChI is InChI=1S/C16H15N3O2/c1-18-13-6-8-14(9-7-13)21-11-16(20)19-15-5-3-2-4-12(15)10-17/h2-9,18H,11H2,1H3,(H,19,20). The molecule has 2 rings (SSSR count). The molecule has 0 aromatic heterocycles. The molecule has 2 aromatic rings. The van der Waals surface area contributed by atoms with Crippen LogP contribution in [-0.4, -0.2) is 19.6 Å². The Morgan fingerprint density at radius 3 is 2.57 bits per heavy atom. The molecule has 2 aromatic carbocycles. The molecule has 0 saturated heterocycles. The predicted molar refractivity (Wildman–Crippen MR) is 81.3 cm³/mol. The lowest BCUT2D eigenvalue weighted by atomic mass is 10.2. The average molecular weight is 281 g/mol. The van der Waals surface area contributed by atoms with Crippen molar-refractivity contribution in [1.82, 2.24) is 0 Å². The van der Waals surface area contributed by atoms with Crippen molar-refractivity contribution < 1.29 is 9.53 Å². The van der Waals surface area contributed by atoms with Gasteiger partial charge >= 0.3 is 0 Å². The molecule has 106 valence electrons. The van der Waals surface area contributed by atoms with E-state index < -0.39 is 0 Å². The van der Waals surface area contributed by atoms with Gasteiger partial charge in [0.2, 0.25) is 0 Å². The number of ether oxygens (including phenoxy) is 1. The van der Waals surface area contributed by atoms with Gasteiger partial charge in [0.05, 0.1) is 11.3 Å². The molecule has 0 saturated carbocycles. The van der Waals surface area contributed by atoms with Gasteiger partial charge in [0.1, 0.15) is 11.8 Å². The van der Waals surface area contributed by atoms with E-state index in [1.807, 2.05) is 25.2 Å². The summed E-state index contributed by atoms with van der Waals surface area (Å²) in [4.78, 5) is 11.8. The number of benzene rings is 2. The quantitative estimate of drug-likeness (QED) is 0.883. The zero-order valence-corrected chi connectivity index (χ0v) is 11.6. The average Bonchev–Trinajstić information content (AvgIpc) is 2.54. The maximum atomic E-state index is 11.8. The highest BCUT2D eigenvalue weighted by molar-refractivity contribution is 5.93. The Morgan fingerprint density at radius 1 is 1.19 bits per heavy atom. The second-order valence-corrected chi connectivity index (χ2v) is 4.27. The van der Waals surface area contributed by atoms with Gasteiger partial charge in [-0.3, -0.25) is 4.79 Å². The Morgan fingerprint density at radius 2 is 1.90 bits per heavy atom. The van der Waals surface area contributed by atoms with E-state index in [9.17, 15) is 4.79 Å². The molecule has 0 fully saturated rings. The molecule has 5 nitrogen and oxygen atoms in total. The number of nitrogens with one attached hydrogen (secondary N) is 2. The van der Waals surface area contributed by atoms with Gasteiger partial charge in [-0.15, -0.1) is 0 Å². The molecule has 0 atom stereocenters. The number of hydrogen-bond donors (Lipinski definition) is 2. The molecule has 0 aliphatic carbocycles. The van der Waals surface area contributed by atoms with E-state index >= 15 is 0 Å². The summed E-state index contributed by atoms with van der Waals surface area (Å²) in [5, 5.41) is 14.6. The van der Waals surface area contributed by atoms with Crippen molar-refractivity contribution in [3.63, 3.8) is 0 Å². The van der Waals surface area contributed by atoms with Crippen LogP contribution in [0.4, 0.5) is 11.4 Å². The van der Waals surface area contributed by atoms with Gasteiger partial charge in [-0.1, -0.05) is 12.1 Å². The van der Waals surface area contributed by atoms with E-state index in [2.05, 4.69) is 10.6 Å². The Kier molecular flexibility index (Phi) is 4.78. The van der Waals surface area contributed by atoms with Crippen molar-refractivity contribution >= 4 is 17.3 Å². The van der Waals surface area contributed by atoms with Crippen LogP contribution in [0.15, 0.2) is 48.5 Å². The topological polar surface area (TPSA) is 74.2 Å². The second kappa shape index (κ2) is 6.96. The van der Waals surface area contributed by atoms with E-state index in [1.54, 1.807) is 36.4 Å². The van der Waals surface area contributed by atoms with Crippen LogP contribution in [0.2, 0.25) is 0 Å². The summed E-state index contributed by atoms with van der Waals surface area (Å²) in [5.41, 5.74) is 1.87. The minimum Gasteiger partial charge on any atom is -0.484 e. The van der Waals surface area contributed by atoms with Crippen molar-refractivity contribution in [3.8, 4) is 11.8 Å². The Bertz CT molecular complexity index is 660. The first kappa shape index (κ1) is 14.4.